The summed E-state index contributed by atoms with van der Waals surface area (Å²) in [6.45, 7) is -0.521. The maximum absolute atomic E-state index is 12.9. The molecule has 1 aliphatic rings. The Morgan fingerprint density at radius 3 is 2.35 bits per heavy atom. The Bertz CT molecular complexity index is 744. The maximum atomic E-state index is 12.9. The molecule has 0 spiro atoms. The molecule has 0 aromatic heterocycles. The van der Waals surface area contributed by atoms with Crippen LogP contribution in [0.15, 0.2) is 24.3 Å². The highest BCUT2D eigenvalue weighted by atomic mass is 32.2. The van der Waals surface area contributed by atoms with Gasteiger partial charge in [0.25, 0.3) is 0 Å². The fourth-order valence-electron chi connectivity index (χ4n) is 3.14. The van der Waals surface area contributed by atoms with Crippen LogP contribution in [0.4, 0.5) is 18.9 Å². The zero-order valence-corrected chi connectivity index (χ0v) is 15.6. The Labute approximate surface area is 151 Å². The molecule has 9 heteroatoms. The highest BCUT2D eigenvalue weighted by molar-refractivity contribution is 7.92. The predicted molar refractivity (Wildman–Crippen MR) is 93.3 cm³/mol. The van der Waals surface area contributed by atoms with Crippen molar-refractivity contribution in [1.82, 2.24) is 4.90 Å². The van der Waals surface area contributed by atoms with E-state index in [1.54, 1.807) is 7.05 Å². The number of sulfonamides is 1. The van der Waals surface area contributed by atoms with Gasteiger partial charge in [-0.15, -0.1) is 0 Å². The predicted octanol–water partition coefficient (Wildman–Crippen LogP) is 3.26. The number of alkyl halides is 3. The molecule has 26 heavy (non-hydrogen) atoms. The number of carbonyl (C=O) groups is 1. The maximum Gasteiger partial charge on any atom is 0.416 e. The lowest BCUT2D eigenvalue weighted by molar-refractivity contribution is -0.137. The van der Waals surface area contributed by atoms with Gasteiger partial charge in [0.1, 0.15) is 6.54 Å². The second-order valence-electron chi connectivity index (χ2n) is 6.61. The summed E-state index contributed by atoms with van der Waals surface area (Å²) in [6, 6.07) is 4.03. The van der Waals surface area contributed by atoms with Crippen molar-refractivity contribution >= 4 is 21.6 Å². The molecule has 1 aromatic carbocycles. The number of likely N-dealkylation sites (N-methyl/N-ethyl adjacent to an activating group) is 1. The molecule has 0 radical (unpaired) electrons. The lowest BCUT2D eigenvalue weighted by Crippen LogP contribution is -2.45. The van der Waals surface area contributed by atoms with Gasteiger partial charge in [0.2, 0.25) is 15.9 Å². The van der Waals surface area contributed by atoms with Crippen LogP contribution in [0.1, 0.15) is 37.7 Å². The number of hydrogen-bond acceptors (Lipinski definition) is 3. The van der Waals surface area contributed by atoms with Crippen molar-refractivity contribution in [3.05, 3.63) is 29.8 Å². The van der Waals surface area contributed by atoms with Gasteiger partial charge in [-0.25, -0.2) is 8.42 Å². The van der Waals surface area contributed by atoms with E-state index in [4.69, 9.17) is 0 Å². The van der Waals surface area contributed by atoms with Gasteiger partial charge >= 0.3 is 6.18 Å². The first kappa shape index (κ1) is 20.5. The number of halogens is 3. The summed E-state index contributed by atoms with van der Waals surface area (Å²) in [6.07, 6.45) is 1.11. The van der Waals surface area contributed by atoms with Gasteiger partial charge in [-0.1, -0.05) is 25.3 Å². The molecule has 1 fully saturated rings. The van der Waals surface area contributed by atoms with Crippen molar-refractivity contribution in [2.45, 2.75) is 44.3 Å². The Morgan fingerprint density at radius 2 is 1.81 bits per heavy atom. The molecule has 1 aliphatic carbocycles. The zero-order valence-electron chi connectivity index (χ0n) is 14.8. The second kappa shape index (κ2) is 7.85. The molecule has 0 heterocycles. The molecule has 0 N–H and O–H groups in total. The van der Waals surface area contributed by atoms with E-state index in [0.29, 0.717) is 0 Å². The number of hydrogen-bond donors (Lipinski definition) is 0. The molecule has 1 saturated carbocycles. The van der Waals surface area contributed by atoms with E-state index < -0.39 is 34.2 Å². The third kappa shape index (κ3) is 5.12. The molecule has 1 amide bonds. The van der Waals surface area contributed by atoms with Gasteiger partial charge in [0.05, 0.1) is 17.5 Å². The van der Waals surface area contributed by atoms with Crippen LogP contribution in [0.5, 0.6) is 0 Å². The summed E-state index contributed by atoms with van der Waals surface area (Å²) in [5.74, 6) is -0.431. The fraction of sp³-hybridized carbons (Fsp3) is 0.588. The summed E-state index contributed by atoms with van der Waals surface area (Å²) in [5.41, 5.74) is -1.13. The second-order valence-corrected chi connectivity index (χ2v) is 8.52. The van der Waals surface area contributed by atoms with Crippen molar-refractivity contribution < 1.29 is 26.4 Å². The largest absolute Gasteiger partial charge is 0.416 e. The van der Waals surface area contributed by atoms with Gasteiger partial charge in [0, 0.05) is 13.1 Å². The Kier molecular flexibility index (Phi) is 6.21. The fourth-order valence-corrected chi connectivity index (χ4v) is 3.99. The first-order chi connectivity index (χ1) is 12.0. The summed E-state index contributed by atoms with van der Waals surface area (Å²) in [4.78, 5) is 14.1. The van der Waals surface area contributed by atoms with Crippen molar-refractivity contribution in [3.8, 4) is 0 Å². The Hall–Kier alpha value is -1.77. The summed E-state index contributed by atoms with van der Waals surface area (Å²) in [7, 11) is -2.31. The molecule has 0 atom stereocenters. The van der Waals surface area contributed by atoms with Gasteiger partial charge in [-0.2, -0.15) is 13.2 Å². The smallest absolute Gasteiger partial charge is 0.341 e. The lowest BCUT2D eigenvalue weighted by Gasteiger charge is -2.33. The molecular weight excluding hydrogens is 369 g/mol. The molecule has 5 nitrogen and oxygen atoms in total. The first-order valence-electron chi connectivity index (χ1n) is 8.41. The Morgan fingerprint density at radius 1 is 1.19 bits per heavy atom. The van der Waals surface area contributed by atoms with E-state index in [1.807, 2.05) is 0 Å². The van der Waals surface area contributed by atoms with Crippen LogP contribution in [0.25, 0.3) is 0 Å². The monoisotopic (exact) mass is 392 g/mol. The van der Waals surface area contributed by atoms with Gasteiger partial charge < -0.3 is 4.90 Å². The molecule has 2 rings (SSSR count). The topological polar surface area (TPSA) is 57.7 Å². The first-order valence-corrected chi connectivity index (χ1v) is 10.3. The van der Waals surface area contributed by atoms with E-state index in [1.165, 1.54) is 11.0 Å². The number of nitrogens with zero attached hydrogens (tertiary/aromatic N) is 2. The van der Waals surface area contributed by atoms with E-state index >= 15 is 0 Å². The molecule has 0 aliphatic heterocycles. The number of anilines is 1. The minimum Gasteiger partial charge on any atom is -0.341 e. The van der Waals surface area contributed by atoms with Crippen LogP contribution in [-0.2, 0) is 21.0 Å². The van der Waals surface area contributed by atoms with Crippen LogP contribution in [0.3, 0.4) is 0 Å². The summed E-state index contributed by atoms with van der Waals surface area (Å²) < 4.78 is 63.7. The normalized spacial score (nSPS) is 16.3. The van der Waals surface area contributed by atoms with E-state index in [2.05, 4.69) is 0 Å². The molecule has 1 aromatic rings. The van der Waals surface area contributed by atoms with Crippen molar-refractivity contribution in [1.29, 1.82) is 0 Å². The average Bonchev–Trinajstić information content (AvgIpc) is 2.58. The highest BCUT2D eigenvalue weighted by Gasteiger charge is 2.32. The minimum atomic E-state index is -4.60. The number of rotatable bonds is 5. The lowest BCUT2D eigenvalue weighted by atomic mass is 9.94. The van der Waals surface area contributed by atoms with Crippen LogP contribution in [0.2, 0.25) is 0 Å². The number of carbonyl (C=O) groups excluding carboxylic acids is 1. The molecule has 146 valence electrons. The van der Waals surface area contributed by atoms with Crippen LogP contribution < -0.4 is 4.31 Å². The van der Waals surface area contributed by atoms with Gasteiger partial charge in [0.15, 0.2) is 0 Å². The van der Waals surface area contributed by atoms with Gasteiger partial charge in [-0.05, 0) is 31.0 Å². The van der Waals surface area contributed by atoms with Crippen molar-refractivity contribution in [3.63, 3.8) is 0 Å². The third-order valence-electron chi connectivity index (χ3n) is 4.66. The van der Waals surface area contributed by atoms with Crippen LogP contribution in [0, 0.1) is 0 Å². The van der Waals surface area contributed by atoms with Gasteiger partial charge in [-0.3, -0.25) is 9.10 Å². The average molecular weight is 392 g/mol. The summed E-state index contributed by atoms with van der Waals surface area (Å²) in [5, 5.41) is 0. The highest BCUT2D eigenvalue weighted by Crippen LogP contribution is 2.32. The van der Waals surface area contributed by atoms with E-state index in [-0.39, 0.29) is 11.7 Å². The number of amides is 1. The quantitative estimate of drug-likeness (QED) is 0.773. The Balaban J connectivity index is 2.24. The molecule has 0 unspecified atom stereocenters. The molecular formula is C17H23F3N2O3S. The minimum absolute atomic E-state index is 0.0409. The van der Waals surface area contributed by atoms with Crippen molar-refractivity contribution in [2.24, 2.45) is 0 Å². The van der Waals surface area contributed by atoms with Crippen LogP contribution >= 0.6 is 0 Å². The zero-order chi connectivity index (χ0) is 19.5. The van der Waals surface area contributed by atoms with Crippen molar-refractivity contribution in [2.75, 3.05) is 24.2 Å². The number of benzene rings is 1. The van der Waals surface area contributed by atoms with Crippen LogP contribution in [-0.4, -0.2) is 45.1 Å². The molecule has 0 bridgehead atoms. The van der Waals surface area contributed by atoms with E-state index in [0.717, 1.165) is 60.9 Å². The summed E-state index contributed by atoms with van der Waals surface area (Å²) >= 11 is 0. The standard InChI is InChI=1S/C17H23F3N2O3S/c1-21(14-8-4-3-5-9-14)16(23)12-22(26(2,24)25)15-10-6-7-13(11-15)17(18,19)20/h6-7,10-11,14H,3-5,8-9,12H2,1-2H3. The third-order valence-corrected chi connectivity index (χ3v) is 5.80. The molecule has 0 saturated heterocycles. The van der Waals surface area contributed by atoms with E-state index in [9.17, 15) is 26.4 Å². The SMILES string of the molecule is CN(C(=O)CN(c1cccc(C(F)(F)F)c1)S(C)(=O)=O)C1CCCCC1.